The van der Waals surface area contributed by atoms with E-state index in [1.54, 1.807) is 26.7 Å². The highest BCUT2D eigenvalue weighted by atomic mass is 16.2. The molecule has 26 heavy (non-hydrogen) atoms. The van der Waals surface area contributed by atoms with Crippen molar-refractivity contribution in [2.45, 2.75) is 13.0 Å². The van der Waals surface area contributed by atoms with E-state index in [9.17, 15) is 9.59 Å². The summed E-state index contributed by atoms with van der Waals surface area (Å²) in [6, 6.07) is 1.52. The summed E-state index contributed by atoms with van der Waals surface area (Å²) in [7, 11) is 3.69. The Morgan fingerprint density at radius 1 is 1.23 bits per heavy atom. The van der Waals surface area contributed by atoms with Crippen molar-refractivity contribution in [1.29, 1.82) is 0 Å². The number of hydrogen-bond donors (Lipinski definition) is 1. The average Bonchev–Trinajstić information content (AvgIpc) is 3.25. The molecule has 1 N–H and O–H groups in total. The molecule has 1 atom stereocenters. The Morgan fingerprint density at radius 2 is 2.00 bits per heavy atom. The van der Waals surface area contributed by atoms with Crippen LogP contribution in [0.4, 0.5) is 0 Å². The minimum Gasteiger partial charge on any atom is -0.343 e. The third-order valence-electron chi connectivity index (χ3n) is 5.48. The molecule has 138 valence electrons. The molecule has 2 aliphatic heterocycles. The lowest BCUT2D eigenvalue weighted by Crippen LogP contribution is -2.64. The van der Waals surface area contributed by atoms with E-state index in [0.29, 0.717) is 24.5 Å². The van der Waals surface area contributed by atoms with Crippen LogP contribution >= 0.6 is 0 Å². The van der Waals surface area contributed by atoms with E-state index in [0.717, 1.165) is 30.9 Å². The third kappa shape index (κ3) is 2.68. The summed E-state index contributed by atoms with van der Waals surface area (Å²) in [5.74, 6) is -0.0315. The fourth-order valence-corrected chi connectivity index (χ4v) is 3.64. The predicted molar refractivity (Wildman–Crippen MR) is 94.4 cm³/mol. The first-order valence-electron chi connectivity index (χ1n) is 8.78. The van der Waals surface area contributed by atoms with Crippen molar-refractivity contribution in [3.63, 3.8) is 0 Å². The number of H-pyrrole nitrogens is 1. The molecule has 2 amide bonds. The molecule has 2 saturated heterocycles. The quantitative estimate of drug-likeness (QED) is 0.798. The Labute approximate surface area is 151 Å². The first kappa shape index (κ1) is 16.8. The molecule has 0 spiro atoms. The molecule has 2 aliphatic rings. The van der Waals surface area contributed by atoms with E-state index in [1.807, 2.05) is 21.0 Å². The second kappa shape index (κ2) is 6.24. The number of fused-ring (bicyclic) bond motifs is 1. The Bertz CT molecular complexity index is 855. The molecule has 1 unspecified atom stereocenters. The number of amides is 2. The van der Waals surface area contributed by atoms with Crippen LogP contribution in [0.3, 0.4) is 0 Å². The number of hydrogen-bond acceptors (Lipinski definition) is 5. The maximum absolute atomic E-state index is 12.9. The van der Waals surface area contributed by atoms with Crippen LogP contribution in [-0.2, 0) is 11.8 Å². The van der Waals surface area contributed by atoms with Gasteiger partial charge in [0.25, 0.3) is 5.91 Å². The zero-order valence-corrected chi connectivity index (χ0v) is 15.3. The second-order valence-electron chi connectivity index (χ2n) is 7.00. The molecule has 9 nitrogen and oxygen atoms in total. The Hall–Kier alpha value is -2.68. The molecule has 0 saturated carbocycles. The van der Waals surface area contributed by atoms with E-state index in [4.69, 9.17) is 0 Å². The number of nitrogens with one attached hydrogen (secondary N) is 1. The van der Waals surface area contributed by atoms with Gasteiger partial charge in [-0.1, -0.05) is 0 Å². The van der Waals surface area contributed by atoms with Gasteiger partial charge in [0.05, 0.1) is 11.9 Å². The fourth-order valence-electron chi connectivity index (χ4n) is 3.64. The largest absolute Gasteiger partial charge is 0.343 e. The van der Waals surface area contributed by atoms with Crippen molar-refractivity contribution in [2.24, 2.45) is 7.05 Å². The van der Waals surface area contributed by atoms with Gasteiger partial charge in [0.2, 0.25) is 5.91 Å². The molecule has 4 heterocycles. The van der Waals surface area contributed by atoms with Crippen molar-refractivity contribution >= 4 is 11.8 Å². The fraction of sp³-hybridized carbons (Fsp3) is 0.529. The van der Waals surface area contributed by atoms with Crippen LogP contribution in [0.1, 0.15) is 16.2 Å². The summed E-state index contributed by atoms with van der Waals surface area (Å²) in [6.45, 7) is 5.33. The van der Waals surface area contributed by atoms with Gasteiger partial charge >= 0.3 is 0 Å². The van der Waals surface area contributed by atoms with Gasteiger partial charge in [-0.15, -0.1) is 0 Å². The average molecular weight is 357 g/mol. The van der Waals surface area contributed by atoms with Crippen LogP contribution in [0.2, 0.25) is 0 Å². The molecule has 4 rings (SSSR count). The number of aromatic nitrogens is 4. The molecule has 0 aromatic carbocycles. The highest BCUT2D eigenvalue weighted by Crippen LogP contribution is 2.22. The zero-order chi connectivity index (χ0) is 18.4. The maximum Gasteiger partial charge on any atom is 0.271 e. The molecule has 0 bridgehead atoms. The van der Waals surface area contributed by atoms with Crippen LogP contribution in [0.15, 0.2) is 12.3 Å². The number of carbonyl (C=O) groups excluding carboxylic acids is 2. The Balaban J connectivity index is 1.52. The van der Waals surface area contributed by atoms with Crippen LogP contribution in [0.25, 0.3) is 11.3 Å². The minimum absolute atomic E-state index is 0.0880. The first-order chi connectivity index (χ1) is 12.5. The van der Waals surface area contributed by atoms with Crippen LogP contribution in [-0.4, -0.2) is 92.3 Å². The van der Waals surface area contributed by atoms with Gasteiger partial charge in [-0.2, -0.15) is 10.2 Å². The van der Waals surface area contributed by atoms with Gasteiger partial charge in [0.15, 0.2) is 0 Å². The van der Waals surface area contributed by atoms with E-state index in [1.165, 1.54) is 0 Å². The lowest BCUT2D eigenvalue weighted by molar-refractivity contribution is -0.142. The molecular weight excluding hydrogens is 334 g/mol. The van der Waals surface area contributed by atoms with E-state index >= 15 is 0 Å². The van der Waals surface area contributed by atoms with Gasteiger partial charge in [-0.25, -0.2) is 0 Å². The summed E-state index contributed by atoms with van der Waals surface area (Å²) >= 11 is 0. The molecule has 0 radical (unpaired) electrons. The van der Waals surface area contributed by atoms with E-state index < -0.39 is 0 Å². The SMILES string of the molecule is Cc1c(-c2cc(C(=O)N3CCN4CCN(C)C(=O)C4C3)[nH]n2)cnn1C. The summed E-state index contributed by atoms with van der Waals surface area (Å²) in [4.78, 5) is 31.0. The van der Waals surface area contributed by atoms with Crippen molar-refractivity contribution in [3.8, 4) is 11.3 Å². The molecule has 2 aromatic heterocycles. The highest BCUT2D eigenvalue weighted by Gasteiger charge is 2.39. The smallest absolute Gasteiger partial charge is 0.271 e. The number of rotatable bonds is 2. The van der Waals surface area contributed by atoms with Gasteiger partial charge in [0, 0.05) is 58.1 Å². The van der Waals surface area contributed by atoms with Gasteiger partial charge < -0.3 is 9.80 Å². The monoisotopic (exact) mass is 357 g/mol. The van der Waals surface area contributed by atoms with Crippen LogP contribution in [0, 0.1) is 6.92 Å². The number of aromatic amines is 1. The minimum atomic E-state index is -0.241. The number of nitrogens with zero attached hydrogens (tertiary/aromatic N) is 6. The predicted octanol–water partition coefficient (Wildman–Crippen LogP) is -0.283. The molecule has 0 aliphatic carbocycles. The van der Waals surface area contributed by atoms with Crippen LogP contribution < -0.4 is 0 Å². The van der Waals surface area contributed by atoms with E-state index in [-0.39, 0.29) is 17.9 Å². The topological polar surface area (TPSA) is 90.4 Å². The maximum atomic E-state index is 12.9. The van der Waals surface area contributed by atoms with E-state index in [2.05, 4.69) is 20.2 Å². The number of likely N-dealkylation sites (N-methyl/N-ethyl adjacent to an activating group) is 1. The van der Waals surface area contributed by atoms with Crippen molar-refractivity contribution in [2.75, 3.05) is 39.8 Å². The summed E-state index contributed by atoms with van der Waals surface area (Å²) < 4.78 is 1.77. The molecular formula is C17H23N7O2. The lowest BCUT2D eigenvalue weighted by Gasteiger charge is -2.45. The third-order valence-corrected chi connectivity index (χ3v) is 5.48. The number of piperazine rings is 2. The van der Waals surface area contributed by atoms with Crippen molar-refractivity contribution in [1.82, 2.24) is 34.7 Å². The summed E-state index contributed by atoms with van der Waals surface area (Å²) in [5.41, 5.74) is 3.02. The van der Waals surface area contributed by atoms with Crippen LogP contribution in [0.5, 0.6) is 0 Å². The van der Waals surface area contributed by atoms with Gasteiger partial charge in [-0.05, 0) is 13.0 Å². The highest BCUT2D eigenvalue weighted by molar-refractivity contribution is 5.94. The number of carbonyl (C=O) groups is 2. The normalized spacial score (nSPS) is 21.2. The van der Waals surface area contributed by atoms with Gasteiger partial charge in [-0.3, -0.25) is 24.3 Å². The zero-order valence-electron chi connectivity index (χ0n) is 15.3. The molecule has 2 fully saturated rings. The van der Waals surface area contributed by atoms with Crippen molar-refractivity contribution < 1.29 is 9.59 Å². The summed E-state index contributed by atoms with van der Waals surface area (Å²) in [5, 5.41) is 11.3. The Kier molecular flexibility index (Phi) is 4.03. The Morgan fingerprint density at radius 3 is 2.73 bits per heavy atom. The lowest BCUT2D eigenvalue weighted by atomic mass is 10.1. The molecule has 9 heteroatoms. The van der Waals surface area contributed by atoms with Gasteiger partial charge in [0.1, 0.15) is 11.7 Å². The number of aryl methyl sites for hydroxylation is 1. The van der Waals surface area contributed by atoms with Crippen molar-refractivity contribution in [3.05, 3.63) is 23.7 Å². The first-order valence-corrected chi connectivity index (χ1v) is 8.78. The second-order valence-corrected chi connectivity index (χ2v) is 7.00. The standard InChI is InChI=1S/C17H23N7O2/c1-11-12(9-18-22(11)3)13-8-14(20-19-13)16(25)24-7-6-23-5-4-21(2)17(26)15(23)10-24/h8-9,15H,4-7,10H2,1-3H3,(H,19,20). The molecule has 2 aromatic rings. The summed E-state index contributed by atoms with van der Waals surface area (Å²) in [6.07, 6.45) is 1.75.